The second kappa shape index (κ2) is 8.11. The molecule has 26 heavy (non-hydrogen) atoms. The third kappa shape index (κ3) is 4.03. The van der Waals surface area contributed by atoms with E-state index in [1.807, 2.05) is 0 Å². The number of amides is 1. The van der Waals surface area contributed by atoms with Gasteiger partial charge in [0.2, 0.25) is 10.0 Å². The second-order valence-electron chi connectivity index (χ2n) is 5.28. The van der Waals surface area contributed by atoms with E-state index in [1.165, 1.54) is 16.4 Å². The van der Waals surface area contributed by atoms with Crippen molar-refractivity contribution in [1.29, 1.82) is 0 Å². The normalized spacial score (nSPS) is 11.6. The molecule has 0 aliphatic rings. The Hall–Kier alpha value is -2.03. The Balaban J connectivity index is 2.43. The van der Waals surface area contributed by atoms with Gasteiger partial charge in [-0.25, -0.2) is 17.2 Å². The maximum atomic E-state index is 13.7. The van der Waals surface area contributed by atoms with Crippen LogP contribution in [-0.4, -0.2) is 31.7 Å². The summed E-state index contributed by atoms with van der Waals surface area (Å²) < 4.78 is 53.8. The molecule has 0 saturated carbocycles. The quantitative estimate of drug-likeness (QED) is 0.796. The van der Waals surface area contributed by atoms with Crippen LogP contribution in [0.4, 0.5) is 14.5 Å². The first kappa shape index (κ1) is 20.3. The molecular formula is C17H17ClF2N2O3S. The van der Waals surface area contributed by atoms with Crippen molar-refractivity contribution < 1.29 is 22.0 Å². The minimum Gasteiger partial charge on any atom is -0.317 e. The fourth-order valence-corrected chi connectivity index (χ4v) is 4.04. The number of rotatable bonds is 6. The Morgan fingerprint density at radius 1 is 1.12 bits per heavy atom. The fraction of sp³-hybridized carbons (Fsp3) is 0.235. The van der Waals surface area contributed by atoms with Gasteiger partial charge in [0.05, 0.1) is 15.5 Å². The average Bonchev–Trinajstić information content (AvgIpc) is 2.59. The van der Waals surface area contributed by atoms with Gasteiger partial charge < -0.3 is 5.32 Å². The molecule has 0 heterocycles. The van der Waals surface area contributed by atoms with Crippen LogP contribution in [0, 0.1) is 11.6 Å². The Kier molecular flexibility index (Phi) is 6.33. The van der Waals surface area contributed by atoms with E-state index in [9.17, 15) is 22.0 Å². The summed E-state index contributed by atoms with van der Waals surface area (Å²) in [6.07, 6.45) is 0. The fourth-order valence-electron chi connectivity index (χ4n) is 2.35. The van der Waals surface area contributed by atoms with Crippen molar-refractivity contribution in [3.63, 3.8) is 0 Å². The minimum atomic E-state index is -3.82. The summed E-state index contributed by atoms with van der Waals surface area (Å²) >= 11 is 5.98. The number of hydrogen-bond donors (Lipinski definition) is 1. The van der Waals surface area contributed by atoms with Gasteiger partial charge in [-0.3, -0.25) is 4.79 Å². The number of halogens is 3. The Bertz CT molecular complexity index is 911. The third-order valence-corrected chi connectivity index (χ3v) is 6.10. The highest BCUT2D eigenvalue weighted by atomic mass is 35.5. The maximum absolute atomic E-state index is 13.7. The minimum absolute atomic E-state index is 0.0438. The lowest BCUT2D eigenvalue weighted by molar-refractivity contribution is 0.102. The number of carbonyl (C=O) groups excluding carboxylic acids is 1. The molecule has 0 unspecified atom stereocenters. The van der Waals surface area contributed by atoms with Crippen molar-refractivity contribution in [3.05, 3.63) is 58.6 Å². The Labute approximate surface area is 155 Å². The van der Waals surface area contributed by atoms with E-state index in [4.69, 9.17) is 11.6 Å². The molecule has 0 atom stereocenters. The average molecular weight is 403 g/mol. The summed E-state index contributed by atoms with van der Waals surface area (Å²) in [6, 6.07) is 6.75. The Morgan fingerprint density at radius 3 is 2.23 bits per heavy atom. The van der Waals surface area contributed by atoms with Crippen LogP contribution in [0.1, 0.15) is 24.2 Å². The van der Waals surface area contributed by atoms with Gasteiger partial charge in [0.1, 0.15) is 17.3 Å². The lowest BCUT2D eigenvalue weighted by atomic mass is 10.2. The first-order chi connectivity index (χ1) is 12.2. The summed E-state index contributed by atoms with van der Waals surface area (Å²) in [6.45, 7) is 3.88. The molecule has 1 amide bonds. The zero-order valence-corrected chi connectivity index (χ0v) is 15.7. The van der Waals surface area contributed by atoms with Crippen LogP contribution in [0.15, 0.2) is 41.3 Å². The summed E-state index contributed by atoms with van der Waals surface area (Å²) in [7, 11) is -3.82. The van der Waals surface area contributed by atoms with E-state index in [2.05, 4.69) is 5.32 Å². The molecule has 0 saturated heterocycles. The zero-order chi connectivity index (χ0) is 19.5. The van der Waals surface area contributed by atoms with Crippen LogP contribution in [0.2, 0.25) is 5.02 Å². The van der Waals surface area contributed by atoms with E-state index in [0.717, 1.165) is 24.3 Å². The van der Waals surface area contributed by atoms with E-state index >= 15 is 0 Å². The lowest BCUT2D eigenvalue weighted by Crippen LogP contribution is -2.30. The number of carbonyl (C=O) groups is 1. The maximum Gasteiger partial charge on any atom is 0.257 e. The van der Waals surface area contributed by atoms with E-state index < -0.39 is 33.3 Å². The number of anilines is 1. The summed E-state index contributed by atoms with van der Waals surface area (Å²) in [4.78, 5) is 12.3. The molecule has 2 aromatic rings. The van der Waals surface area contributed by atoms with Gasteiger partial charge in [0.15, 0.2) is 0 Å². The summed E-state index contributed by atoms with van der Waals surface area (Å²) in [5.41, 5.74) is -0.840. The number of benzene rings is 2. The monoisotopic (exact) mass is 402 g/mol. The molecule has 0 aliphatic carbocycles. The molecule has 2 aromatic carbocycles. The van der Waals surface area contributed by atoms with Crippen LogP contribution in [0.5, 0.6) is 0 Å². The van der Waals surface area contributed by atoms with E-state index in [0.29, 0.717) is 0 Å². The number of hydrogen-bond acceptors (Lipinski definition) is 3. The number of nitrogens with zero attached hydrogens (tertiary/aromatic N) is 1. The standard InChI is InChI=1S/C17H17ClF2N2O3S/c1-3-22(4-2)26(24,25)11-8-9-13(18)12(10-11)17(23)21-16-14(19)6-5-7-15(16)20/h5-10H,3-4H2,1-2H3,(H,21,23). The molecule has 0 fully saturated rings. The van der Waals surface area contributed by atoms with Gasteiger partial charge in [0, 0.05) is 13.1 Å². The second-order valence-corrected chi connectivity index (χ2v) is 7.63. The highest BCUT2D eigenvalue weighted by Crippen LogP contribution is 2.25. The molecule has 0 radical (unpaired) electrons. The molecule has 9 heteroatoms. The van der Waals surface area contributed by atoms with Crippen molar-refractivity contribution in [1.82, 2.24) is 4.31 Å². The molecule has 1 N–H and O–H groups in total. The van der Waals surface area contributed by atoms with Gasteiger partial charge in [0.25, 0.3) is 5.91 Å². The SMILES string of the molecule is CCN(CC)S(=O)(=O)c1ccc(Cl)c(C(=O)Nc2c(F)cccc2F)c1. The van der Waals surface area contributed by atoms with Crippen LogP contribution in [-0.2, 0) is 10.0 Å². The van der Waals surface area contributed by atoms with Crippen molar-refractivity contribution in [2.24, 2.45) is 0 Å². The van der Waals surface area contributed by atoms with Crippen LogP contribution >= 0.6 is 11.6 Å². The number of nitrogens with one attached hydrogen (secondary N) is 1. The molecule has 0 spiro atoms. The first-order valence-electron chi connectivity index (χ1n) is 7.77. The molecule has 0 aliphatic heterocycles. The first-order valence-corrected chi connectivity index (χ1v) is 9.59. The van der Waals surface area contributed by atoms with Crippen LogP contribution in [0.3, 0.4) is 0 Å². The topological polar surface area (TPSA) is 66.5 Å². The third-order valence-electron chi connectivity index (χ3n) is 3.73. The summed E-state index contributed by atoms with van der Waals surface area (Å²) in [5.74, 6) is -2.83. The molecular weight excluding hydrogens is 386 g/mol. The molecule has 2 rings (SSSR count). The Morgan fingerprint density at radius 2 is 1.69 bits per heavy atom. The predicted octanol–water partition coefficient (Wildman–Crippen LogP) is 3.90. The van der Waals surface area contributed by atoms with Gasteiger partial charge >= 0.3 is 0 Å². The molecule has 140 valence electrons. The zero-order valence-electron chi connectivity index (χ0n) is 14.1. The largest absolute Gasteiger partial charge is 0.317 e. The molecule has 0 aromatic heterocycles. The van der Waals surface area contributed by atoms with Gasteiger partial charge in [-0.2, -0.15) is 4.31 Å². The van der Waals surface area contributed by atoms with E-state index in [1.54, 1.807) is 13.8 Å². The van der Waals surface area contributed by atoms with Gasteiger partial charge in [-0.05, 0) is 30.3 Å². The predicted molar refractivity (Wildman–Crippen MR) is 95.9 cm³/mol. The van der Waals surface area contributed by atoms with Gasteiger partial charge in [-0.1, -0.05) is 31.5 Å². The van der Waals surface area contributed by atoms with Gasteiger partial charge in [-0.15, -0.1) is 0 Å². The molecule has 0 bridgehead atoms. The van der Waals surface area contributed by atoms with Crippen LogP contribution < -0.4 is 5.32 Å². The highest BCUT2D eigenvalue weighted by Gasteiger charge is 2.24. The van der Waals surface area contributed by atoms with Crippen molar-refractivity contribution in [3.8, 4) is 0 Å². The number of sulfonamides is 1. The van der Waals surface area contributed by atoms with Crippen molar-refractivity contribution in [2.75, 3.05) is 18.4 Å². The lowest BCUT2D eigenvalue weighted by Gasteiger charge is -2.19. The van der Waals surface area contributed by atoms with Crippen LogP contribution in [0.25, 0.3) is 0 Å². The smallest absolute Gasteiger partial charge is 0.257 e. The van der Waals surface area contributed by atoms with Crippen molar-refractivity contribution in [2.45, 2.75) is 18.7 Å². The van der Waals surface area contributed by atoms with Crippen molar-refractivity contribution >= 4 is 33.2 Å². The summed E-state index contributed by atoms with van der Waals surface area (Å²) in [5, 5.41) is 2.05. The highest BCUT2D eigenvalue weighted by molar-refractivity contribution is 7.89. The number of para-hydroxylation sites is 1. The molecule has 5 nitrogen and oxygen atoms in total. The van der Waals surface area contributed by atoms with E-state index in [-0.39, 0.29) is 28.6 Å².